The van der Waals surface area contributed by atoms with E-state index in [0.717, 1.165) is 6.42 Å². The molecule has 90 valence electrons. The molecule has 1 unspecified atom stereocenters. The Morgan fingerprint density at radius 1 is 1.47 bits per heavy atom. The molecule has 1 aromatic carbocycles. The lowest BCUT2D eigenvalue weighted by Crippen LogP contribution is -2.51. The molecule has 1 N–H and O–H groups in total. The zero-order valence-corrected chi connectivity index (χ0v) is 9.91. The maximum absolute atomic E-state index is 13.5. The Kier molecular flexibility index (Phi) is 2.92. The average molecular weight is 233 g/mol. The van der Waals surface area contributed by atoms with Crippen molar-refractivity contribution in [2.24, 2.45) is 5.41 Å². The third-order valence-electron chi connectivity index (χ3n) is 3.94. The molecule has 0 bridgehead atoms. The highest BCUT2D eigenvalue weighted by Crippen LogP contribution is 2.49. The summed E-state index contributed by atoms with van der Waals surface area (Å²) < 4.78 is 13.5. The van der Waals surface area contributed by atoms with E-state index in [0.29, 0.717) is 18.4 Å². The maximum Gasteiger partial charge on any atom is 0.126 e. The summed E-state index contributed by atoms with van der Waals surface area (Å²) in [6, 6.07) is 8.63. The fourth-order valence-corrected chi connectivity index (χ4v) is 2.48. The first kappa shape index (κ1) is 12.1. The molecule has 1 fully saturated rings. The van der Waals surface area contributed by atoms with E-state index >= 15 is 0 Å². The van der Waals surface area contributed by atoms with Gasteiger partial charge in [-0.05, 0) is 31.4 Å². The van der Waals surface area contributed by atoms with Crippen LogP contribution in [-0.4, -0.2) is 10.7 Å². The molecule has 0 amide bonds. The summed E-state index contributed by atoms with van der Waals surface area (Å²) >= 11 is 0. The van der Waals surface area contributed by atoms with Crippen LogP contribution >= 0.6 is 0 Å². The van der Waals surface area contributed by atoms with E-state index in [1.165, 1.54) is 6.07 Å². The number of hydrogen-bond donors (Lipinski definition) is 1. The predicted molar refractivity (Wildman–Crippen MR) is 62.6 cm³/mol. The molecule has 2 rings (SSSR count). The van der Waals surface area contributed by atoms with Crippen molar-refractivity contribution in [3.05, 3.63) is 35.6 Å². The third-order valence-corrected chi connectivity index (χ3v) is 3.94. The highest BCUT2D eigenvalue weighted by atomic mass is 19.1. The van der Waals surface area contributed by atoms with E-state index < -0.39 is 11.0 Å². The summed E-state index contributed by atoms with van der Waals surface area (Å²) in [5, 5.41) is 19.7. The quantitative estimate of drug-likeness (QED) is 0.872. The van der Waals surface area contributed by atoms with Crippen LogP contribution in [0.15, 0.2) is 24.3 Å². The Balaban J connectivity index is 2.24. The number of aliphatic hydroxyl groups is 1. The summed E-state index contributed by atoms with van der Waals surface area (Å²) in [6.45, 7) is 1.64. The first-order valence-corrected chi connectivity index (χ1v) is 5.88. The predicted octanol–water partition coefficient (Wildman–Crippen LogP) is 2.81. The molecule has 0 saturated heterocycles. The number of nitriles is 1. The largest absolute Gasteiger partial charge is 0.388 e. The van der Waals surface area contributed by atoms with Crippen molar-refractivity contribution in [1.29, 1.82) is 5.26 Å². The molecular formula is C14H16FNO. The second-order valence-electron chi connectivity index (χ2n) is 5.09. The van der Waals surface area contributed by atoms with E-state index in [2.05, 4.69) is 6.07 Å². The van der Waals surface area contributed by atoms with E-state index in [-0.39, 0.29) is 12.2 Å². The Bertz CT molecular complexity index is 458. The van der Waals surface area contributed by atoms with Gasteiger partial charge in [-0.15, -0.1) is 0 Å². The SMILES string of the molecule is CC(O)(Cc1ccccc1F)C1(C#N)CCC1. The zero-order valence-electron chi connectivity index (χ0n) is 9.91. The second-order valence-corrected chi connectivity index (χ2v) is 5.09. The number of halogens is 1. The fourth-order valence-electron chi connectivity index (χ4n) is 2.48. The van der Waals surface area contributed by atoms with E-state index in [4.69, 9.17) is 0 Å². The van der Waals surface area contributed by atoms with Crippen LogP contribution in [-0.2, 0) is 6.42 Å². The van der Waals surface area contributed by atoms with Crippen LogP contribution in [0.3, 0.4) is 0 Å². The molecule has 0 heterocycles. The normalized spacial score (nSPS) is 21.1. The molecule has 1 saturated carbocycles. The van der Waals surface area contributed by atoms with Crippen molar-refractivity contribution < 1.29 is 9.50 Å². The van der Waals surface area contributed by atoms with Gasteiger partial charge in [0.1, 0.15) is 5.82 Å². The molecule has 0 aromatic heterocycles. The molecule has 3 heteroatoms. The minimum atomic E-state index is -1.16. The Morgan fingerprint density at radius 2 is 2.12 bits per heavy atom. The van der Waals surface area contributed by atoms with E-state index in [9.17, 15) is 14.8 Å². The molecule has 0 spiro atoms. The summed E-state index contributed by atoms with van der Waals surface area (Å²) in [5.74, 6) is -0.319. The van der Waals surface area contributed by atoms with Crippen LogP contribution in [0.2, 0.25) is 0 Å². The molecule has 1 aliphatic carbocycles. The first-order chi connectivity index (χ1) is 8.01. The molecular weight excluding hydrogens is 217 g/mol. The second kappa shape index (κ2) is 4.12. The molecule has 2 nitrogen and oxygen atoms in total. The van der Waals surface area contributed by atoms with Crippen molar-refractivity contribution in [1.82, 2.24) is 0 Å². The van der Waals surface area contributed by atoms with E-state index in [1.54, 1.807) is 25.1 Å². The highest BCUT2D eigenvalue weighted by Gasteiger charge is 2.51. The maximum atomic E-state index is 13.5. The lowest BCUT2D eigenvalue weighted by molar-refractivity contribution is -0.0794. The molecule has 1 aliphatic rings. The monoisotopic (exact) mass is 233 g/mol. The molecule has 17 heavy (non-hydrogen) atoms. The smallest absolute Gasteiger partial charge is 0.126 e. The van der Waals surface area contributed by atoms with Crippen LogP contribution in [0.5, 0.6) is 0 Å². The Morgan fingerprint density at radius 3 is 2.59 bits per heavy atom. The van der Waals surface area contributed by atoms with Gasteiger partial charge in [-0.2, -0.15) is 5.26 Å². The van der Waals surface area contributed by atoms with Gasteiger partial charge in [0.05, 0.1) is 17.1 Å². The first-order valence-electron chi connectivity index (χ1n) is 5.88. The van der Waals surface area contributed by atoms with Crippen molar-refractivity contribution in [2.75, 3.05) is 0 Å². The lowest BCUT2D eigenvalue weighted by atomic mass is 9.58. The molecule has 0 radical (unpaired) electrons. The molecule has 0 aliphatic heterocycles. The van der Waals surface area contributed by atoms with Crippen LogP contribution in [0.4, 0.5) is 4.39 Å². The average Bonchev–Trinajstić information content (AvgIpc) is 2.20. The summed E-state index contributed by atoms with van der Waals surface area (Å²) in [5.41, 5.74) is -1.39. The number of nitrogens with zero attached hydrogens (tertiary/aromatic N) is 1. The van der Waals surface area contributed by atoms with Crippen LogP contribution in [0.25, 0.3) is 0 Å². The van der Waals surface area contributed by atoms with Gasteiger partial charge in [-0.1, -0.05) is 24.6 Å². The van der Waals surface area contributed by atoms with Gasteiger partial charge in [-0.25, -0.2) is 4.39 Å². The standard InChI is InChI=1S/C14H16FNO/c1-13(17,14(10-16)7-4-8-14)9-11-5-2-3-6-12(11)15/h2-3,5-6,17H,4,7-9H2,1H3. The Labute approximate surface area is 101 Å². The van der Waals surface area contributed by atoms with Crippen LogP contribution < -0.4 is 0 Å². The number of rotatable bonds is 3. The van der Waals surface area contributed by atoms with Gasteiger partial charge in [0, 0.05) is 6.42 Å². The lowest BCUT2D eigenvalue weighted by Gasteiger charge is -2.46. The van der Waals surface area contributed by atoms with Crippen LogP contribution in [0, 0.1) is 22.6 Å². The summed E-state index contributed by atoms with van der Waals surface area (Å²) in [4.78, 5) is 0. The minimum absolute atomic E-state index is 0.188. The number of benzene rings is 1. The molecule has 1 aromatic rings. The van der Waals surface area contributed by atoms with Crippen molar-refractivity contribution in [2.45, 2.75) is 38.2 Å². The molecule has 1 atom stereocenters. The van der Waals surface area contributed by atoms with Gasteiger partial charge >= 0.3 is 0 Å². The number of hydrogen-bond acceptors (Lipinski definition) is 2. The van der Waals surface area contributed by atoms with Crippen molar-refractivity contribution in [3.8, 4) is 6.07 Å². The fraction of sp³-hybridized carbons (Fsp3) is 0.500. The van der Waals surface area contributed by atoms with Gasteiger partial charge in [0.2, 0.25) is 0 Å². The highest BCUT2D eigenvalue weighted by molar-refractivity contribution is 5.24. The Hall–Kier alpha value is -1.40. The van der Waals surface area contributed by atoms with Gasteiger partial charge in [0.25, 0.3) is 0 Å². The van der Waals surface area contributed by atoms with Crippen molar-refractivity contribution >= 4 is 0 Å². The van der Waals surface area contributed by atoms with Gasteiger partial charge < -0.3 is 5.11 Å². The third kappa shape index (κ3) is 1.94. The zero-order chi connectivity index (χ0) is 12.5. The van der Waals surface area contributed by atoms with E-state index in [1.807, 2.05) is 0 Å². The summed E-state index contributed by atoms with van der Waals surface area (Å²) in [6.07, 6.45) is 2.55. The van der Waals surface area contributed by atoms with Gasteiger partial charge in [-0.3, -0.25) is 0 Å². The van der Waals surface area contributed by atoms with Crippen molar-refractivity contribution in [3.63, 3.8) is 0 Å². The van der Waals surface area contributed by atoms with Crippen LogP contribution in [0.1, 0.15) is 31.7 Å². The topological polar surface area (TPSA) is 44.0 Å². The minimum Gasteiger partial charge on any atom is -0.388 e. The summed E-state index contributed by atoms with van der Waals surface area (Å²) in [7, 11) is 0. The van der Waals surface area contributed by atoms with Gasteiger partial charge in [0.15, 0.2) is 0 Å².